The van der Waals surface area contributed by atoms with Gasteiger partial charge in [0.15, 0.2) is 0 Å². The first-order chi connectivity index (χ1) is 11.1. The fraction of sp³-hybridized carbons (Fsp3) is 0.111. The number of hydrogen-bond donors (Lipinski definition) is 2. The van der Waals surface area contributed by atoms with E-state index in [-0.39, 0.29) is 12.4 Å². The summed E-state index contributed by atoms with van der Waals surface area (Å²) < 4.78 is 7.72. The van der Waals surface area contributed by atoms with E-state index in [1.165, 1.54) is 0 Å². The van der Waals surface area contributed by atoms with Crippen molar-refractivity contribution < 1.29 is 4.74 Å². The van der Waals surface area contributed by atoms with Gasteiger partial charge in [-0.1, -0.05) is 6.07 Å². The van der Waals surface area contributed by atoms with Crippen molar-refractivity contribution in [2.45, 2.75) is 0 Å². The van der Waals surface area contributed by atoms with E-state index in [9.17, 15) is 0 Å². The molecule has 0 aliphatic carbocycles. The number of aromatic nitrogens is 2. The first-order valence-corrected chi connectivity index (χ1v) is 7.36. The highest BCUT2D eigenvalue weighted by molar-refractivity contribution is 6.12. The van der Waals surface area contributed by atoms with Gasteiger partial charge in [-0.25, -0.2) is 0 Å². The molecule has 23 heavy (non-hydrogen) atoms. The average molecular weight is 304 g/mol. The van der Waals surface area contributed by atoms with Gasteiger partial charge in [0.2, 0.25) is 0 Å². The zero-order valence-electron chi connectivity index (χ0n) is 12.7. The summed E-state index contributed by atoms with van der Waals surface area (Å²) in [5.74, 6) is 0.722. The molecule has 0 saturated heterocycles. The molecule has 0 aliphatic heterocycles. The Balaban J connectivity index is 1.98. The minimum atomic E-state index is 0.0122. The minimum absolute atomic E-state index is 0.0122. The molecule has 4 aromatic rings. The maximum absolute atomic E-state index is 7.27. The summed E-state index contributed by atoms with van der Waals surface area (Å²) in [4.78, 5) is 4.44. The zero-order chi connectivity index (χ0) is 16.0. The Bertz CT molecular complexity index is 1060. The van der Waals surface area contributed by atoms with Crippen LogP contribution in [0.15, 0.2) is 48.7 Å². The lowest BCUT2D eigenvalue weighted by Crippen LogP contribution is -2.19. The largest absolute Gasteiger partial charge is 0.486 e. The molecule has 114 valence electrons. The maximum Gasteiger partial charge on any atom is 0.145 e. The fourth-order valence-corrected chi connectivity index (χ4v) is 3.01. The number of hydrogen-bond acceptors (Lipinski definition) is 3. The molecule has 0 bridgehead atoms. The predicted molar refractivity (Wildman–Crippen MR) is 93.1 cm³/mol. The molecular formula is C18H16N4O. The number of aryl methyl sites for hydroxylation is 1. The van der Waals surface area contributed by atoms with Crippen LogP contribution in [0.4, 0.5) is 0 Å². The van der Waals surface area contributed by atoms with Crippen LogP contribution >= 0.6 is 0 Å². The van der Waals surface area contributed by atoms with E-state index < -0.39 is 0 Å². The van der Waals surface area contributed by atoms with Crippen LogP contribution in [0, 0.1) is 5.41 Å². The van der Waals surface area contributed by atoms with Gasteiger partial charge < -0.3 is 15.0 Å². The minimum Gasteiger partial charge on any atom is -0.486 e. The summed E-state index contributed by atoms with van der Waals surface area (Å²) >= 11 is 0. The van der Waals surface area contributed by atoms with Crippen LogP contribution in [-0.2, 0) is 7.05 Å². The molecular weight excluding hydrogens is 288 g/mol. The molecule has 0 unspecified atom stereocenters. The van der Waals surface area contributed by atoms with Gasteiger partial charge in [0, 0.05) is 40.4 Å². The average Bonchev–Trinajstić information content (AvgIpc) is 2.83. The van der Waals surface area contributed by atoms with Crippen LogP contribution in [0.2, 0.25) is 0 Å². The third kappa shape index (κ3) is 2.17. The van der Waals surface area contributed by atoms with Crippen LogP contribution in [0.25, 0.3) is 32.7 Å². The number of amidine groups is 1. The summed E-state index contributed by atoms with van der Waals surface area (Å²) in [5.41, 5.74) is 8.62. The summed E-state index contributed by atoms with van der Waals surface area (Å²) in [6.45, 7) is 0.0980. The highest BCUT2D eigenvalue weighted by Crippen LogP contribution is 2.33. The first kappa shape index (κ1) is 13.6. The number of pyridine rings is 1. The summed E-state index contributed by atoms with van der Waals surface area (Å²) in [6, 6.07) is 14.2. The molecule has 0 radical (unpaired) electrons. The summed E-state index contributed by atoms with van der Waals surface area (Å²) in [7, 11) is 2.06. The number of ether oxygens (including phenoxy) is 1. The van der Waals surface area contributed by atoms with E-state index in [0.29, 0.717) is 5.75 Å². The van der Waals surface area contributed by atoms with Crippen LogP contribution in [0.1, 0.15) is 0 Å². The highest BCUT2D eigenvalue weighted by Gasteiger charge is 2.11. The van der Waals surface area contributed by atoms with Gasteiger partial charge in [0.1, 0.15) is 18.2 Å². The van der Waals surface area contributed by atoms with Crippen molar-refractivity contribution in [1.82, 2.24) is 9.55 Å². The quantitative estimate of drug-likeness (QED) is 0.451. The third-order valence-electron chi connectivity index (χ3n) is 4.10. The van der Waals surface area contributed by atoms with Crippen LogP contribution in [0.3, 0.4) is 0 Å². The molecule has 0 fully saturated rings. The molecule has 5 heteroatoms. The Labute approximate surface area is 132 Å². The van der Waals surface area contributed by atoms with Crippen molar-refractivity contribution in [2.75, 3.05) is 6.61 Å². The summed E-state index contributed by atoms with van der Waals surface area (Å²) in [6.07, 6.45) is 1.81. The topological polar surface area (TPSA) is 76.9 Å². The van der Waals surface area contributed by atoms with Gasteiger partial charge in [-0.05, 0) is 36.4 Å². The molecule has 2 heterocycles. The monoisotopic (exact) mass is 304 g/mol. The molecule has 3 N–H and O–H groups in total. The van der Waals surface area contributed by atoms with Gasteiger partial charge in [-0.2, -0.15) is 0 Å². The van der Waals surface area contributed by atoms with E-state index in [1.54, 1.807) is 6.20 Å². The Hall–Kier alpha value is -3.08. The number of nitrogens with two attached hydrogens (primary N) is 1. The molecule has 0 aliphatic rings. The Morgan fingerprint density at radius 1 is 1.17 bits per heavy atom. The smallest absolute Gasteiger partial charge is 0.145 e. The second-order valence-electron chi connectivity index (χ2n) is 5.62. The number of fused-ring (bicyclic) bond motifs is 4. The molecule has 0 atom stereocenters. The van der Waals surface area contributed by atoms with Gasteiger partial charge in [0.25, 0.3) is 0 Å². The molecule has 4 rings (SSSR count). The Kier molecular flexibility index (Phi) is 2.94. The predicted octanol–water partition coefficient (Wildman–Crippen LogP) is 3.19. The Morgan fingerprint density at radius 3 is 2.83 bits per heavy atom. The number of benzene rings is 2. The molecule has 0 spiro atoms. The van der Waals surface area contributed by atoms with Crippen LogP contribution in [0.5, 0.6) is 5.75 Å². The zero-order valence-corrected chi connectivity index (χ0v) is 12.7. The molecule has 0 amide bonds. The van der Waals surface area contributed by atoms with E-state index in [0.717, 1.165) is 32.7 Å². The van der Waals surface area contributed by atoms with Crippen molar-refractivity contribution in [1.29, 1.82) is 5.41 Å². The summed E-state index contributed by atoms with van der Waals surface area (Å²) in [5, 5.41) is 10.6. The van der Waals surface area contributed by atoms with Gasteiger partial charge in [0.05, 0.1) is 5.52 Å². The highest BCUT2D eigenvalue weighted by atomic mass is 16.5. The fourth-order valence-electron chi connectivity index (χ4n) is 3.01. The third-order valence-corrected chi connectivity index (χ3v) is 4.10. The number of nitrogens with one attached hydrogen (secondary N) is 1. The van der Waals surface area contributed by atoms with Crippen LogP contribution in [-0.4, -0.2) is 22.0 Å². The van der Waals surface area contributed by atoms with E-state index in [4.69, 9.17) is 15.9 Å². The first-order valence-electron chi connectivity index (χ1n) is 7.36. The Morgan fingerprint density at radius 2 is 2.00 bits per heavy atom. The standard InChI is InChI=1S/C18H16N4O/c1-22-16-5-4-12(23-10-18(19)20)8-13(16)14-9-15-11(7-17(14)22)3-2-6-21-15/h2-9H,10H2,1H3,(H3,19,20). The van der Waals surface area contributed by atoms with Crippen molar-refractivity contribution >= 4 is 38.5 Å². The lowest BCUT2D eigenvalue weighted by Gasteiger charge is -2.05. The van der Waals surface area contributed by atoms with Crippen molar-refractivity contribution in [3.8, 4) is 5.75 Å². The van der Waals surface area contributed by atoms with E-state index >= 15 is 0 Å². The lowest BCUT2D eigenvalue weighted by atomic mass is 10.1. The van der Waals surface area contributed by atoms with Crippen molar-refractivity contribution in [2.24, 2.45) is 12.8 Å². The lowest BCUT2D eigenvalue weighted by molar-refractivity contribution is 0.375. The SMILES string of the molecule is Cn1c2ccc(OCC(=N)N)cc2c2cc3ncccc3cc21. The number of nitrogens with zero attached hydrogens (tertiary/aromatic N) is 2. The van der Waals surface area contributed by atoms with Crippen molar-refractivity contribution in [3.05, 3.63) is 48.7 Å². The van der Waals surface area contributed by atoms with Crippen molar-refractivity contribution in [3.63, 3.8) is 0 Å². The van der Waals surface area contributed by atoms with Crippen LogP contribution < -0.4 is 10.5 Å². The van der Waals surface area contributed by atoms with Gasteiger partial charge >= 0.3 is 0 Å². The van der Waals surface area contributed by atoms with E-state index in [2.05, 4.69) is 34.8 Å². The second kappa shape index (κ2) is 4.98. The normalized spacial score (nSPS) is 11.3. The molecule has 2 aromatic carbocycles. The maximum atomic E-state index is 7.27. The van der Waals surface area contributed by atoms with E-state index in [1.807, 2.05) is 24.3 Å². The van der Waals surface area contributed by atoms with Gasteiger partial charge in [-0.3, -0.25) is 10.4 Å². The molecule has 5 nitrogen and oxygen atoms in total. The second-order valence-corrected chi connectivity index (χ2v) is 5.62. The number of rotatable bonds is 3. The van der Waals surface area contributed by atoms with Gasteiger partial charge in [-0.15, -0.1) is 0 Å². The molecule has 2 aromatic heterocycles. The molecule has 0 saturated carbocycles.